The van der Waals surface area contributed by atoms with Gasteiger partial charge in [-0.05, 0) is 109 Å². The molecule has 0 amide bonds. The fourth-order valence-corrected chi connectivity index (χ4v) is 10.4. The Morgan fingerprint density at radius 1 is 0.717 bits per heavy atom. The van der Waals surface area contributed by atoms with Gasteiger partial charge in [-0.25, -0.2) is 0 Å². The van der Waals surface area contributed by atoms with E-state index in [1.54, 1.807) is 0 Å². The number of rotatable bonds is 4. The van der Waals surface area contributed by atoms with E-state index in [4.69, 9.17) is 4.74 Å². The van der Waals surface area contributed by atoms with Gasteiger partial charge in [0.25, 0.3) is 6.71 Å². The maximum atomic E-state index is 6.65. The normalized spacial score (nSPS) is 22.5. The van der Waals surface area contributed by atoms with Crippen molar-refractivity contribution in [3.8, 4) is 5.75 Å². The molecular formula is C48H38BN3O. The van der Waals surface area contributed by atoms with E-state index in [1.165, 1.54) is 84.3 Å². The van der Waals surface area contributed by atoms with Crippen molar-refractivity contribution in [3.05, 3.63) is 191 Å². The quantitative estimate of drug-likeness (QED) is 0.199. The van der Waals surface area contributed by atoms with E-state index < -0.39 is 0 Å². The molecule has 4 aromatic carbocycles. The van der Waals surface area contributed by atoms with Crippen molar-refractivity contribution in [2.24, 2.45) is 5.92 Å². The van der Waals surface area contributed by atoms with Crippen LogP contribution in [0.2, 0.25) is 0 Å². The number of allylic oxidation sites excluding steroid dienone is 12. The van der Waals surface area contributed by atoms with Crippen molar-refractivity contribution < 1.29 is 4.74 Å². The second-order valence-corrected chi connectivity index (χ2v) is 15.3. The van der Waals surface area contributed by atoms with Crippen LogP contribution in [-0.2, 0) is 0 Å². The van der Waals surface area contributed by atoms with Crippen molar-refractivity contribution in [1.29, 1.82) is 0 Å². The molecule has 8 aliphatic rings. The number of ether oxygens (including phenoxy) is 1. The summed E-state index contributed by atoms with van der Waals surface area (Å²) in [5, 5.41) is 0. The van der Waals surface area contributed by atoms with Crippen LogP contribution < -0.4 is 24.9 Å². The summed E-state index contributed by atoms with van der Waals surface area (Å²) < 4.78 is 6.65. The Morgan fingerprint density at radius 3 is 2.34 bits per heavy atom. The molecule has 5 heteroatoms. The summed E-state index contributed by atoms with van der Waals surface area (Å²) in [5.74, 6) is 1.35. The van der Waals surface area contributed by atoms with E-state index in [0.717, 1.165) is 44.3 Å². The molecule has 12 rings (SSSR count). The van der Waals surface area contributed by atoms with E-state index in [1.807, 2.05) is 0 Å². The van der Waals surface area contributed by atoms with Gasteiger partial charge in [0, 0.05) is 69.0 Å². The van der Waals surface area contributed by atoms with Gasteiger partial charge in [0.2, 0.25) is 0 Å². The molecular weight excluding hydrogens is 645 g/mol. The Kier molecular flexibility index (Phi) is 6.30. The van der Waals surface area contributed by atoms with Gasteiger partial charge < -0.3 is 19.4 Å². The lowest BCUT2D eigenvalue weighted by atomic mass is 9.31. The average molecular weight is 684 g/mol. The molecule has 4 heterocycles. The maximum absolute atomic E-state index is 6.65. The fourth-order valence-electron chi connectivity index (χ4n) is 10.4. The molecule has 0 aromatic heterocycles. The molecule has 2 atom stereocenters. The Hall–Kier alpha value is -5.94. The molecule has 0 fully saturated rings. The van der Waals surface area contributed by atoms with Crippen LogP contribution in [0, 0.1) is 5.92 Å². The van der Waals surface area contributed by atoms with Gasteiger partial charge >= 0.3 is 0 Å². The van der Waals surface area contributed by atoms with Crippen molar-refractivity contribution in [2.45, 2.75) is 44.6 Å². The SMILES string of the molecule is C1=CC(N(c2ccccc2)c2cc3c4c(c2)N(c2ccccc2)C2=C(C=CCC2)B4C2=C4C(CC=C2)C2=C(C=C5c6ccccc6OC5C2)N43)=CCC1. The lowest BCUT2D eigenvalue weighted by Crippen LogP contribution is -2.51. The zero-order valence-corrected chi connectivity index (χ0v) is 29.6. The van der Waals surface area contributed by atoms with E-state index in [0.29, 0.717) is 5.92 Å². The minimum atomic E-state index is 0.0677. The number of benzene rings is 4. The van der Waals surface area contributed by atoms with Crippen LogP contribution in [0.1, 0.15) is 44.1 Å². The minimum Gasteiger partial charge on any atom is -0.485 e. The van der Waals surface area contributed by atoms with Crippen LogP contribution in [0.4, 0.5) is 28.4 Å². The summed E-state index contributed by atoms with van der Waals surface area (Å²) in [6, 6.07) is 35.6. The number of nitrogens with zero attached hydrogens (tertiary/aromatic N) is 3. The Bertz CT molecular complexity index is 2520. The summed E-state index contributed by atoms with van der Waals surface area (Å²) in [5.41, 5.74) is 20.1. The number of hydrogen-bond acceptors (Lipinski definition) is 4. The van der Waals surface area contributed by atoms with Crippen LogP contribution in [0.3, 0.4) is 0 Å². The first kappa shape index (κ1) is 29.6. The van der Waals surface area contributed by atoms with E-state index in [-0.39, 0.29) is 12.8 Å². The summed E-state index contributed by atoms with van der Waals surface area (Å²) in [6.45, 7) is 0.176. The first-order valence-corrected chi connectivity index (χ1v) is 19.4. The third-order valence-electron chi connectivity index (χ3n) is 12.5. The van der Waals surface area contributed by atoms with Crippen molar-refractivity contribution in [2.75, 3.05) is 14.7 Å². The Morgan fingerprint density at radius 2 is 1.49 bits per heavy atom. The van der Waals surface area contributed by atoms with Gasteiger partial charge in [0.15, 0.2) is 0 Å². The first-order chi connectivity index (χ1) is 26.3. The van der Waals surface area contributed by atoms with Crippen molar-refractivity contribution in [3.63, 3.8) is 0 Å². The molecule has 0 bridgehead atoms. The molecule has 0 N–H and O–H groups in total. The Balaban J connectivity index is 1.16. The third-order valence-corrected chi connectivity index (χ3v) is 12.5. The van der Waals surface area contributed by atoms with Crippen molar-refractivity contribution >= 4 is 46.2 Å². The second-order valence-electron chi connectivity index (χ2n) is 15.3. The molecule has 2 unspecified atom stereocenters. The number of hydrogen-bond donors (Lipinski definition) is 0. The van der Waals surface area contributed by atoms with E-state index in [9.17, 15) is 0 Å². The van der Waals surface area contributed by atoms with E-state index >= 15 is 0 Å². The lowest BCUT2D eigenvalue weighted by molar-refractivity contribution is 0.271. The van der Waals surface area contributed by atoms with Crippen LogP contribution in [0.15, 0.2) is 185 Å². The van der Waals surface area contributed by atoms with Crippen LogP contribution >= 0.6 is 0 Å². The van der Waals surface area contributed by atoms with Gasteiger partial charge in [-0.15, -0.1) is 0 Å². The molecule has 0 spiro atoms. The van der Waals surface area contributed by atoms with Crippen molar-refractivity contribution in [1.82, 2.24) is 0 Å². The molecule has 0 radical (unpaired) electrons. The molecule has 4 aromatic rings. The van der Waals surface area contributed by atoms with Gasteiger partial charge in [-0.3, -0.25) is 0 Å². The predicted molar refractivity (Wildman–Crippen MR) is 218 cm³/mol. The molecule has 53 heavy (non-hydrogen) atoms. The van der Waals surface area contributed by atoms with Crippen LogP contribution in [0.25, 0.3) is 5.57 Å². The fraction of sp³-hybridized carbons (Fsp3) is 0.167. The highest BCUT2D eigenvalue weighted by Crippen LogP contribution is 2.58. The highest BCUT2D eigenvalue weighted by atomic mass is 16.5. The minimum absolute atomic E-state index is 0.0677. The summed E-state index contributed by atoms with van der Waals surface area (Å²) >= 11 is 0. The van der Waals surface area contributed by atoms with Crippen LogP contribution in [0.5, 0.6) is 5.75 Å². The molecule has 0 saturated carbocycles. The number of fused-ring (bicyclic) bond motifs is 8. The highest BCUT2D eigenvalue weighted by Gasteiger charge is 2.52. The Labute approximate surface area is 311 Å². The average Bonchev–Trinajstić information content (AvgIpc) is 3.75. The predicted octanol–water partition coefficient (Wildman–Crippen LogP) is 10.8. The monoisotopic (exact) mass is 683 g/mol. The molecule has 4 aliphatic carbocycles. The molecule has 0 saturated heterocycles. The summed E-state index contributed by atoms with van der Waals surface area (Å²) in [7, 11) is 0. The lowest BCUT2D eigenvalue weighted by Gasteiger charge is -2.46. The maximum Gasteiger partial charge on any atom is 0.251 e. The summed E-state index contributed by atoms with van der Waals surface area (Å²) in [4.78, 5) is 7.78. The van der Waals surface area contributed by atoms with Gasteiger partial charge in [-0.1, -0.05) is 91.1 Å². The molecule has 254 valence electrons. The van der Waals surface area contributed by atoms with E-state index in [2.05, 4.69) is 160 Å². The standard InChI is InChI=1S/C48H38BN3O/c1-4-15-31(16-5-1)50(32-17-6-2-7-18-32)34-27-43-47-44(28-34)52-42-29-38-35-21-10-13-26-45(35)53-46(38)30-37(42)36-22-14-24-40(48(36)52)49(47)39-23-11-12-25-41(39)51(43)33-19-8-3-9-20-33/h1,3-6,8-11,13-21,23-24,26-29,36,46H,2,7,12,22,25,30H2. The summed E-state index contributed by atoms with van der Waals surface area (Å²) in [6.07, 6.45) is 25.5. The highest BCUT2D eigenvalue weighted by molar-refractivity contribution is 6.90. The van der Waals surface area contributed by atoms with Gasteiger partial charge in [-0.2, -0.15) is 0 Å². The number of anilines is 5. The second kappa shape index (κ2) is 11.3. The topological polar surface area (TPSA) is 19.0 Å². The first-order valence-electron chi connectivity index (χ1n) is 19.4. The molecule has 4 nitrogen and oxygen atoms in total. The van der Waals surface area contributed by atoms with Gasteiger partial charge in [0.05, 0.1) is 5.69 Å². The smallest absolute Gasteiger partial charge is 0.251 e. The number of para-hydroxylation sites is 3. The van der Waals surface area contributed by atoms with Gasteiger partial charge in [0.1, 0.15) is 11.9 Å². The largest absolute Gasteiger partial charge is 0.485 e. The zero-order chi connectivity index (χ0) is 34.6. The third kappa shape index (κ3) is 4.19. The molecule has 4 aliphatic heterocycles. The van der Waals surface area contributed by atoms with Crippen LogP contribution in [-0.4, -0.2) is 12.8 Å². The zero-order valence-electron chi connectivity index (χ0n) is 29.6.